The molecule has 0 amide bonds. The molecule has 3 heterocycles. The minimum Gasteiger partial charge on any atom is -0.481 e. The van der Waals surface area contributed by atoms with E-state index >= 15 is 0 Å². The zero-order valence-electron chi connectivity index (χ0n) is 16.1. The van der Waals surface area contributed by atoms with Gasteiger partial charge in [0, 0.05) is 0 Å². The lowest BCUT2D eigenvalue weighted by Crippen LogP contribution is -2.62. The van der Waals surface area contributed by atoms with Gasteiger partial charge in [-0.1, -0.05) is 0 Å². The molecule has 16 heteroatoms. The molecule has 1 fully saturated rings. The number of carboxylic acid groups (broad SMARTS) is 3. The minimum absolute atomic E-state index is 0.309. The molecule has 0 aliphatic carbocycles. The number of nitrogen functional groups attached to an aromatic ring is 1. The van der Waals surface area contributed by atoms with Gasteiger partial charge in [-0.05, 0) is 0 Å². The van der Waals surface area contributed by atoms with Crippen LogP contribution in [0.5, 0.6) is 0 Å². The number of aromatic amines is 1. The molecule has 174 valence electrons. The van der Waals surface area contributed by atoms with E-state index in [0.29, 0.717) is 0 Å². The third-order valence-corrected chi connectivity index (χ3v) is 5.18. The quantitative estimate of drug-likeness (QED) is 0.194. The number of hydrogen-bond donors (Lipinski definition) is 8. The van der Waals surface area contributed by atoms with Gasteiger partial charge in [-0.2, -0.15) is 4.98 Å². The molecule has 1 saturated heterocycles. The van der Waals surface area contributed by atoms with Gasteiger partial charge in [-0.25, -0.2) is 4.98 Å². The van der Waals surface area contributed by atoms with Crippen LogP contribution in [-0.2, 0) is 19.1 Å². The number of carbonyl (C=O) groups is 3. The lowest BCUT2D eigenvalue weighted by molar-refractivity contribution is -0.188. The first kappa shape index (κ1) is 23.1. The number of imidazole rings is 1. The molecular weight excluding hydrogens is 438 g/mol. The molecule has 0 bridgehead atoms. The van der Waals surface area contributed by atoms with Crippen LogP contribution in [0.2, 0.25) is 0 Å². The topological polar surface area (TPSA) is 271 Å². The molecule has 3 rings (SSSR count). The summed E-state index contributed by atoms with van der Waals surface area (Å²) in [6.45, 7) is 0. The fourth-order valence-electron chi connectivity index (χ4n) is 3.88. The molecule has 0 saturated carbocycles. The number of ether oxygens (including phenoxy) is 1. The van der Waals surface area contributed by atoms with Gasteiger partial charge in [-0.3, -0.25) is 28.7 Å². The maximum atomic E-state index is 12.1. The van der Waals surface area contributed by atoms with Crippen LogP contribution in [0.1, 0.15) is 25.5 Å². The highest BCUT2D eigenvalue weighted by Gasteiger charge is 2.69. The summed E-state index contributed by atoms with van der Waals surface area (Å²) in [7, 11) is 0. The molecule has 1 aliphatic heterocycles. The maximum Gasteiger partial charge on any atom is 0.306 e. The van der Waals surface area contributed by atoms with Crippen LogP contribution in [0.15, 0.2) is 11.1 Å². The van der Waals surface area contributed by atoms with Gasteiger partial charge >= 0.3 is 17.9 Å². The number of nitrogens with two attached hydrogens (primary N) is 1. The average Bonchev–Trinajstić information content (AvgIpc) is 3.11. The van der Waals surface area contributed by atoms with Crippen LogP contribution in [0.4, 0.5) is 5.95 Å². The molecule has 1 unspecified atom stereocenters. The number of aliphatic carboxylic acids is 3. The van der Waals surface area contributed by atoms with Crippen molar-refractivity contribution in [3.63, 3.8) is 0 Å². The highest BCUT2D eigenvalue weighted by molar-refractivity contribution is 5.73. The number of aliphatic hydroxyl groups is 3. The van der Waals surface area contributed by atoms with Gasteiger partial charge in [0.2, 0.25) is 5.95 Å². The summed E-state index contributed by atoms with van der Waals surface area (Å²) in [4.78, 5) is 55.9. The van der Waals surface area contributed by atoms with Crippen LogP contribution in [0.3, 0.4) is 0 Å². The molecule has 0 radical (unpaired) electrons. The summed E-state index contributed by atoms with van der Waals surface area (Å²) in [6, 6.07) is 0. The van der Waals surface area contributed by atoms with E-state index in [-0.39, 0.29) is 17.1 Å². The summed E-state index contributed by atoms with van der Waals surface area (Å²) in [5.74, 6) is -5.32. The van der Waals surface area contributed by atoms with Crippen molar-refractivity contribution in [3.05, 3.63) is 16.7 Å². The Labute approximate surface area is 176 Å². The van der Waals surface area contributed by atoms with Crippen molar-refractivity contribution < 1.29 is 49.8 Å². The van der Waals surface area contributed by atoms with Crippen molar-refractivity contribution in [2.75, 3.05) is 5.73 Å². The molecule has 2 aromatic heterocycles. The number of nitrogens with zero attached hydrogens (tertiary/aromatic N) is 3. The Hall–Kier alpha value is -3.60. The SMILES string of the molecule is Nc1nc2c(ncn2[C@@H]2O[C@H](C(O)CC(=O)O)[C@](O)(CC(=O)O)[C@]2(O)CC(=O)O)c(=O)[nH]1. The molecule has 1 aliphatic rings. The average molecular weight is 457 g/mol. The van der Waals surface area contributed by atoms with Gasteiger partial charge in [0.15, 0.2) is 23.0 Å². The first-order chi connectivity index (χ1) is 14.8. The summed E-state index contributed by atoms with van der Waals surface area (Å²) in [5, 5.41) is 60.5. The number of anilines is 1. The summed E-state index contributed by atoms with van der Waals surface area (Å²) in [6.07, 6.45) is -8.84. The zero-order chi connectivity index (χ0) is 24.0. The first-order valence-corrected chi connectivity index (χ1v) is 8.96. The molecule has 0 spiro atoms. The Balaban J connectivity index is 2.25. The Morgan fingerprint density at radius 2 is 1.75 bits per heavy atom. The Morgan fingerprint density at radius 3 is 2.31 bits per heavy atom. The van der Waals surface area contributed by atoms with Crippen LogP contribution < -0.4 is 11.3 Å². The van der Waals surface area contributed by atoms with E-state index < -0.39 is 72.4 Å². The number of aliphatic hydroxyl groups excluding tert-OH is 1. The van der Waals surface area contributed by atoms with Crippen molar-refractivity contribution in [1.29, 1.82) is 0 Å². The predicted octanol–water partition coefficient (Wildman–Crippen LogP) is -3.15. The fraction of sp³-hybridized carbons (Fsp3) is 0.500. The largest absolute Gasteiger partial charge is 0.481 e. The van der Waals surface area contributed by atoms with E-state index in [1.165, 1.54) is 0 Å². The molecule has 32 heavy (non-hydrogen) atoms. The normalized spacial score (nSPS) is 28.6. The van der Waals surface area contributed by atoms with Crippen LogP contribution >= 0.6 is 0 Å². The minimum atomic E-state index is -2.99. The Kier molecular flexibility index (Phi) is 5.64. The number of hydrogen-bond acceptors (Lipinski definition) is 11. The monoisotopic (exact) mass is 457 g/mol. The smallest absolute Gasteiger partial charge is 0.306 e. The second-order valence-electron chi connectivity index (χ2n) is 7.34. The molecular formula is C16H19N5O11. The van der Waals surface area contributed by atoms with Crippen LogP contribution in [0, 0.1) is 0 Å². The second-order valence-corrected chi connectivity index (χ2v) is 7.34. The van der Waals surface area contributed by atoms with Crippen molar-refractivity contribution in [3.8, 4) is 0 Å². The molecule has 9 N–H and O–H groups in total. The van der Waals surface area contributed by atoms with Crippen LogP contribution in [0.25, 0.3) is 11.2 Å². The first-order valence-electron chi connectivity index (χ1n) is 8.96. The van der Waals surface area contributed by atoms with E-state index in [1.54, 1.807) is 0 Å². The molecule has 16 nitrogen and oxygen atoms in total. The number of H-pyrrole nitrogens is 1. The van der Waals surface area contributed by atoms with Crippen molar-refractivity contribution in [2.45, 2.75) is 48.9 Å². The van der Waals surface area contributed by atoms with Gasteiger partial charge < -0.3 is 41.1 Å². The number of aromatic nitrogens is 4. The summed E-state index contributed by atoms with van der Waals surface area (Å²) >= 11 is 0. The van der Waals surface area contributed by atoms with E-state index in [0.717, 1.165) is 10.9 Å². The highest BCUT2D eigenvalue weighted by atomic mass is 16.6. The van der Waals surface area contributed by atoms with E-state index in [2.05, 4.69) is 15.0 Å². The third-order valence-electron chi connectivity index (χ3n) is 5.18. The number of carboxylic acids is 3. The van der Waals surface area contributed by atoms with E-state index in [9.17, 15) is 44.7 Å². The number of fused-ring (bicyclic) bond motifs is 1. The van der Waals surface area contributed by atoms with Crippen LogP contribution in [-0.4, -0.2) is 91.5 Å². The Morgan fingerprint density at radius 1 is 1.16 bits per heavy atom. The summed E-state index contributed by atoms with van der Waals surface area (Å²) in [5.41, 5.74) is -1.84. The fourth-order valence-corrected chi connectivity index (χ4v) is 3.88. The molecule has 5 atom stereocenters. The van der Waals surface area contributed by atoms with E-state index in [1.807, 2.05) is 0 Å². The lowest BCUT2D eigenvalue weighted by Gasteiger charge is -2.40. The summed E-state index contributed by atoms with van der Waals surface area (Å²) < 4.78 is 6.32. The molecule has 2 aromatic rings. The van der Waals surface area contributed by atoms with Gasteiger partial charge in [0.05, 0.1) is 31.7 Å². The highest BCUT2D eigenvalue weighted by Crippen LogP contribution is 2.51. The maximum absolute atomic E-state index is 12.1. The zero-order valence-corrected chi connectivity index (χ0v) is 16.1. The Bertz CT molecular complexity index is 1150. The lowest BCUT2D eigenvalue weighted by atomic mass is 9.73. The van der Waals surface area contributed by atoms with Gasteiger partial charge in [0.1, 0.15) is 11.7 Å². The van der Waals surface area contributed by atoms with Gasteiger partial charge in [-0.15, -0.1) is 0 Å². The standard InChI is InChI=1S/C16H19N5O11/c17-14-19-11-9(12(29)20-14)18-4-21(11)13-16(31,3-8(27)28)15(30,2-7(25)26)10(32-13)5(22)1-6(23)24/h4-5,10,13,22,30-31H,1-3H2,(H,23,24)(H,25,26)(H,27,28)(H3,17,19,20,29)/t5?,10-,13-,15-,16+/m1/s1. The van der Waals surface area contributed by atoms with Gasteiger partial charge in [0.25, 0.3) is 5.56 Å². The number of rotatable bonds is 8. The third kappa shape index (κ3) is 3.64. The number of nitrogens with one attached hydrogen (secondary N) is 1. The predicted molar refractivity (Wildman–Crippen MR) is 99.1 cm³/mol. The molecule has 0 aromatic carbocycles. The van der Waals surface area contributed by atoms with Crippen molar-refractivity contribution in [1.82, 2.24) is 19.5 Å². The second kappa shape index (κ2) is 7.83. The van der Waals surface area contributed by atoms with Crippen molar-refractivity contribution in [2.24, 2.45) is 0 Å². The van der Waals surface area contributed by atoms with Crippen molar-refractivity contribution >= 4 is 35.0 Å². The van der Waals surface area contributed by atoms with E-state index in [4.69, 9.17) is 15.6 Å².